The molecule has 4 aromatic rings. The van der Waals surface area contributed by atoms with Gasteiger partial charge in [0.15, 0.2) is 5.82 Å². The van der Waals surface area contributed by atoms with E-state index in [0.717, 1.165) is 48.3 Å². The standard InChI is InChI=1S/C26H21F2N7S/c27-16-6-5-12(19-13(8-30)26(31)36-25(16)19)22-21(28)24-20(17(33-22)2-1-7-29)23(34-35(24)11-3-4-11)18-14-9-32-10-15(14)18/h5-6,11,14-15,18,32H,1-4,9-10,31H2/t14-,15+,18?. The van der Waals surface area contributed by atoms with E-state index in [1.807, 2.05) is 4.68 Å². The van der Waals surface area contributed by atoms with Gasteiger partial charge in [-0.1, -0.05) is 0 Å². The van der Waals surface area contributed by atoms with Crippen LogP contribution in [0.1, 0.15) is 48.2 Å². The van der Waals surface area contributed by atoms with Gasteiger partial charge in [0, 0.05) is 35.1 Å². The van der Waals surface area contributed by atoms with E-state index in [-0.39, 0.29) is 44.7 Å². The van der Waals surface area contributed by atoms with Crippen molar-refractivity contribution < 1.29 is 8.78 Å². The molecule has 36 heavy (non-hydrogen) atoms. The molecule has 10 heteroatoms. The average Bonchev–Trinajstić information content (AvgIpc) is 3.69. The van der Waals surface area contributed by atoms with Crippen LogP contribution in [0.15, 0.2) is 12.1 Å². The lowest BCUT2D eigenvalue weighted by atomic mass is 9.99. The number of nitrogens with one attached hydrogen (secondary N) is 1. The minimum Gasteiger partial charge on any atom is -0.389 e. The first kappa shape index (κ1) is 21.7. The van der Waals surface area contributed by atoms with Gasteiger partial charge in [-0.25, -0.2) is 13.8 Å². The van der Waals surface area contributed by atoms with Crippen LogP contribution in [0.4, 0.5) is 13.8 Å². The summed E-state index contributed by atoms with van der Waals surface area (Å²) in [4.78, 5) is 4.77. The molecule has 0 bridgehead atoms. The lowest BCUT2D eigenvalue weighted by Gasteiger charge is -2.12. The number of hydrogen-bond donors (Lipinski definition) is 2. The number of hydrogen-bond acceptors (Lipinski definition) is 7. The van der Waals surface area contributed by atoms with Gasteiger partial charge in [0.05, 0.1) is 33.8 Å². The smallest absolute Gasteiger partial charge is 0.175 e. The van der Waals surface area contributed by atoms with E-state index < -0.39 is 11.6 Å². The van der Waals surface area contributed by atoms with Crippen LogP contribution in [0.2, 0.25) is 0 Å². The SMILES string of the molecule is N#CCCc1nc(-c2ccc(F)c3sc(N)c(C#N)c23)c(F)c2c1c(C1[C@H]3CNC[C@@H]13)nn2C1CC1. The highest BCUT2D eigenvalue weighted by atomic mass is 32.1. The Bertz CT molecular complexity index is 1660. The number of benzene rings is 1. The summed E-state index contributed by atoms with van der Waals surface area (Å²) in [5.41, 5.74) is 8.44. The van der Waals surface area contributed by atoms with Crippen LogP contribution in [0.5, 0.6) is 0 Å². The number of nitrogens with two attached hydrogens (primary N) is 1. The summed E-state index contributed by atoms with van der Waals surface area (Å²) in [6.07, 6.45) is 2.44. The van der Waals surface area contributed by atoms with Crippen molar-refractivity contribution in [2.75, 3.05) is 18.8 Å². The van der Waals surface area contributed by atoms with Crippen molar-refractivity contribution in [2.24, 2.45) is 11.8 Å². The van der Waals surface area contributed by atoms with E-state index in [9.17, 15) is 14.9 Å². The monoisotopic (exact) mass is 501 g/mol. The third kappa shape index (κ3) is 2.95. The zero-order valence-electron chi connectivity index (χ0n) is 19.2. The van der Waals surface area contributed by atoms with Gasteiger partial charge < -0.3 is 11.1 Å². The van der Waals surface area contributed by atoms with Gasteiger partial charge in [-0.05, 0) is 49.9 Å². The fraction of sp³-hybridized carbons (Fsp3) is 0.385. The number of aryl methyl sites for hydroxylation is 1. The zero-order valence-corrected chi connectivity index (χ0v) is 20.0. The Morgan fingerprint density at radius 2 is 1.94 bits per heavy atom. The number of thiophene rings is 1. The number of nitrogens with zero attached hydrogens (tertiary/aromatic N) is 5. The summed E-state index contributed by atoms with van der Waals surface area (Å²) in [5.74, 6) is 0.206. The molecule has 4 heterocycles. The van der Waals surface area contributed by atoms with Crippen molar-refractivity contribution in [1.82, 2.24) is 20.1 Å². The number of halogens is 2. The molecule has 0 spiro atoms. The van der Waals surface area contributed by atoms with E-state index in [1.165, 1.54) is 12.1 Å². The van der Waals surface area contributed by atoms with E-state index >= 15 is 4.39 Å². The summed E-state index contributed by atoms with van der Waals surface area (Å²) < 4.78 is 33.3. The molecule has 3 aromatic heterocycles. The Hall–Kier alpha value is -3.60. The number of nitrogen functional groups attached to an aromatic ring is 1. The van der Waals surface area contributed by atoms with Crippen LogP contribution >= 0.6 is 11.3 Å². The predicted molar refractivity (Wildman–Crippen MR) is 132 cm³/mol. The topological polar surface area (TPSA) is 116 Å². The lowest BCUT2D eigenvalue weighted by molar-refractivity contribution is 0.593. The molecule has 3 fully saturated rings. The van der Waals surface area contributed by atoms with E-state index in [2.05, 4.69) is 17.5 Å². The van der Waals surface area contributed by atoms with E-state index in [1.54, 1.807) is 0 Å². The highest BCUT2D eigenvalue weighted by Gasteiger charge is 2.56. The molecule has 1 unspecified atom stereocenters. The second-order valence-electron chi connectivity index (χ2n) is 9.93. The molecule has 0 amide bonds. The van der Waals surface area contributed by atoms with Gasteiger partial charge in [0.2, 0.25) is 0 Å². The van der Waals surface area contributed by atoms with Crippen LogP contribution in [0.25, 0.3) is 32.2 Å². The molecule has 1 aliphatic heterocycles. The number of piperidine rings is 1. The average molecular weight is 502 g/mol. The molecule has 1 saturated heterocycles. The van der Waals surface area contributed by atoms with Crippen LogP contribution in [-0.4, -0.2) is 27.9 Å². The molecule has 2 aliphatic carbocycles. The Morgan fingerprint density at radius 3 is 2.64 bits per heavy atom. The largest absolute Gasteiger partial charge is 0.389 e. The maximum absolute atomic E-state index is 16.6. The Labute approximate surface area is 209 Å². The minimum absolute atomic E-state index is 0.0424. The van der Waals surface area contributed by atoms with Gasteiger partial charge in [0.25, 0.3) is 0 Å². The van der Waals surface area contributed by atoms with E-state index in [0.29, 0.717) is 35.0 Å². The van der Waals surface area contributed by atoms with Crippen molar-refractivity contribution in [2.45, 2.75) is 37.6 Å². The third-order valence-corrected chi connectivity index (χ3v) is 8.87. The van der Waals surface area contributed by atoms with Crippen LogP contribution < -0.4 is 11.1 Å². The van der Waals surface area contributed by atoms with Crippen molar-refractivity contribution in [3.63, 3.8) is 0 Å². The van der Waals surface area contributed by atoms with Crippen LogP contribution in [0, 0.1) is 46.1 Å². The molecule has 3 aliphatic rings. The molecule has 7 rings (SSSR count). The van der Waals surface area contributed by atoms with Gasteiger partial charge >= 0.3 is 0 Å². The Morgan fingerprint density at radius 1 is 1.17 bits per heavy atom. The number of fused-ring (bicyclic) bond motifs is 3. The lowest BCUT2D eigenvalue weighted by Crippen LogP contribution is -2.14. The number of aromatic nitrogens is 3. The highest BCUT2D eigenvalue weighted by Crippen LogP contribution is 2.58. The summed E-state index contributed by atoms with van der Waals surface area (Å²) >= 11 is 0.974. The number of pyridine rings is 1. The molecular formula is C26H21F2N7S. The van der Waals surface area contributed by atoms with Gasteiger partial charge in [-0.15, -0.1) is 11.3 Å². The normalized spacial score (nSPS) is 22.6. The van der Waals surface area contributed by atoms with Gasteiger partial charge in [-0.2, -0.15) is 15.6 Å². The first-order chi connectivity index (χ1) is 17.5. The first-order valence-electron chi connectivity index (χ1n) is 12.1. The quantitative estimate of drug-likeness (QED) is 0.407. The third-order valence-electron chi connectivity index (χ3n) is 7.85. The fourth-order valence-corrected chi connectivity index (χ4v) is 6.92. The summed E-state index contributed by atoms with van der Waals surface area (Å²) in [5, 5.41) is 28.6. The second-order valence-corrected chi connectivity index (χ2v) is 11.0. The number of nitriles is 2. The van der Waals surface area contributed by atoms with Crippen molar-refractivity contribution >= 4 is 37.3 Å². The molecule has 2 saturated carbocycles. The molecule has 7 nitrogen and oxygen atoms in total. The van der Waals surface area contributed by atoms with E-state index in [4.69, 9.17) is 15.8 Å². The molecule has 3 atom stereocenters. The van der Waals surface area contributed by atoms with Crippen LogP contribution in [-0.2, 0) is 6.42 Å². The Kier molecular flexibility index (Phi) is 4.63. The first-order valence-corrected chi connectivity index (χ1v) is 12.9. The zero-order chi connectivity index (χ0) is 24.7. The predicted octanol–water partition coefficient (Wildman–Crippen LogP) is 4.77. The number of rotatable bonds is 5. The Balaban J connectivity index is 1.54. The maximum atomic E-state index is 16.6. The van der Waals surface area contributed by atoms with Gasteiger partial charge in [0.1, 0.15) is 28.1 Å². The van der Waals surface area contributed by atoms with Crippen molar-refractivity contribution in [1.29, 1.82) is 10.5 Å². The molecule has 1 aromatic carbocycles. The summed E-state index contributed by atoms with van der Waals surface area (Å²) in [6, 6.07) is 7.09. The van der Waals surface area contributed by atoms with Crippen LogP contribution in [0.3, 0.4) is 0 Å². The van der Waals surface area contributed by atoms with Crippen molar-refractivity contribution in [3.8, 4) is 23.4 Å². The second kappa shape index (κ2) is 7.70. The minimum atomic E-state index is -0.526. The molecule has 3 N–H and O–H groups in total. The molecule has 0 radical (unpaired) electrons. The van der Waals surface area contributed by atoms with Crippen molar-refractivity contribution in [3.05, 3.63) is 40.7 Å². The summed E-state index contributed by atoms with van der Waals surface area (Å²) in [7, 11) is 0. The number of anilines is 1. The van der Waals surface area contributed by atoms with Gasteiger partial charge in [-0.3, -0.25) is 4.68 Å². The molecular weight excluding hydrogens is 480 g/mol. The maximum Gasteiger partial charge on any atom is 0.175 e. The molecule has 180 valence electrons. The highest BCUT2D eigenvalue weighted by molar-refractivity contribution is 7.23. The fourth-order valence-electron chi connectivity index (χ4n) is 5.97. The summed E-state index contributed by atoms with van der Waals surface area (Å²) in [6.45, 7) is 1.86.